The summed E-state index contributed by atoms with van der Waals surface area (Å²) < 4.78 is 5.16. The van der Waals surface area contributed by atoms with Gasteiger partial charge in [-0.15, -0.1) is 0 Å². The number of methoxy groups -OCH3 is 1. The third kappa shape index (κ3) is 2.97. The Bertz CT molecular complexity index is 684. The van der Waals surface area contributed by atoms with Crippen molar-refractivity contribution in [2.45, 2.75) is 25.0 Å². The van der Waals surface area contributed by atoms with Gasteiger partial charge >= 0.3 is 0 Å². The maximum atomic E-state index is 12.3. The highest BCUT2D eigenvalue weighted by Crippen LogP contribution is 2.31. The molecule has 2 aromatic carbocycles. The van der Waals surface area contributed by atoms with Crippen molar-refractivity contribution in [3.8, 4) is 5.75 Å². The van der Waals surface area contributed by atoms with Crippen LogP contribution in [0.2, 0.25) is 0 Å². The molecule has 3 rings (SSSR count). The molecule has 22 heavy (non-hydrogen) atoms. The molecule has 1 aliphatic rings. The van der Waals surface area contributed by atoms with E-state index in [1.807, 2.05) is 48.5 Å². The summed E-state index contributed by atoms with van der Waals surface area (Å²) in [5, 5.41) is 13.1. The molecule has 0 spiro atoms. The fourth-order valence-electron chi connectivity index (χ4n) is 2.94. The van der Waals surface area contributed by atoms with Crippen molar-refractivity contribution in [2.75, 3.05) is 7.11 Å². The second-order valence-electron chi connectivity index (χ2n) is 5.54. The standard InChI is InChI=1S/C18H19NO3/c1-22-14-7-4-5-12(9-14)10-17(21)19-18-15-8-3-2-6-13(15)11-16(18)20/h2-9,16,18,20H,10-11H2,1H3,(H,19,21). The number of carbonyl (C=O) groups is 1. The molecule has 0 aromatic heterocycles. The van der Waals surface area contributed by atoms with E-state index < -0.39 is 6.10 Å². The summed E-state index contributed by atoms with van der Waals surface area (Å²) >= 11 is 0. The Labute approximate surface area is 129 Å². The molecule has 0 saturated heterocycles. The first-order valence-electron chi connectivity index (χ1n) is 7.35. The minimum absolute atomic E-state index is 0.103. The van der Waals surface area contributed by atoms with Crippen molar-refractivity contribution < 1.29 is 14.6 Å². The zero-order chi connectivity index (χ0) is 15.5. The second-order valence-corrected chi connectivity index (χ2v) is 5.54. The molecule has 2 atom stereocenters. The van der Waals surface area contributed by atoms with Crippen LogP contribution in [-0.4, -0.2) is 24.2 Å². The van der Waals surface area contributed by atoms with Crippen molar-refractivity contribution in [1.29, 1.82) is 0 Å². The lowest BCUT2D eigenvalue weighted by atomic mass is 10.1. The number of hydrogen-bond acceptors (Lipinski definition) is 3. The van der Waals surface area contributed by atoms with Gasteiger partial charge in [0.25, 0.3) is 0 Å². The zero-order valence-corrected chi connectivity index (χ0v) is 12.5. The van der Waals surface area contributed by atoms with E-state index in [-0.39, 0.29) is 18.4 Å². The van der Waals surface area contributed by atoms with Crippen LogP contribution in [0.5, 0.6) is 5.75 Å². The fraction of sp³-hybridized carbons (Fsp3) is 0.278. The number of carbonyl (C=O) groups excluding carboxylic acids is 1. The van der Waals surface area contributed by atoms with Crippen LogP contribution in [-0.2, 0) is 17.6 Å². The van der Waals surface area contributed by atoms with Gasteiger partial charge < -0.3 is 15.2 Å². The Kier molecular flexibility index (Phi) is 4.11. The summed E-state index contributed by atoms with van der Waals surface area (Å²) in [6.07, 6.45) is 0.287. The highest BCUT2D eigenvalue weighted by Gasteiger charge is 2.31. The number of nitrogens with one attached hydrogen (secondary N) is 1. The van der Waals surface area contributed by atoms with Gasteiger partial charge in [0.15, 0.2) is 0 Å². The maximum absolute atomic E-state index is 12.3. The predicted octanol–water partition coefficient (Wildman–Crippen LogP) is 2.01. The van der Waals surface area contributed by atoms with Crippen LogP contribution in [0.25, 0.3) is 0 Å². The quantitative estimate of drug-likeness (QED) is 0.907. The molecule has 1 aliphatic carbocycles. The summed E-state index contributed by atoms with van der Waals surface area (Å²) in [5.41, 5.74) is 2.99. The van der Waals surface area contributed by atoms with Crippen molar-refractivity contribution in [3.05, 3.63) is 65.2 Å². The van der Waals surface area contributed by atoms with Gasteiger partial charge in [-0.1, -0.05) is 36.4 Å². The van der Waals surface area contributed by atoms with Gasteiger partial charge in [0.05, 0.1) is 25.7 Å². The van der Waals surface area contributed by atoms with Crippen LogP contribution in [0.15, 0.2) is 48.5 Å². The number of ether oxygens (including phenoxy) is 1. The van der Waals surface area contributed by atoms with E-state index in [9.17, 15) is 9.90 Å². The Morgan fingerprint density at radius 2 is 2.09 bits per heavy atom. The second kappa shape index (κ2) is 6.20. The predicted molar refractivity (Wildman–Crippen MR) is 83.7 cm³/mol. The number of rotatable bonds is 4. The normalized spacial score (nSPS) is 19.5. The first-order valence-corrected chi connectivity index (χ1v) is 7.35. The number of amides is 1. The first-order chi connectivity index (χ1) is 10.7. The van der Waals surface area contributed by atoms with E-state index >= 15 is 0 Å². The van der Waals surface area contributed by atoms with Crippen LogP contribution < -0.4 is 10.1 Å². The molecule has 4 nitrogen and oxygen atoms in total. The van der Waals surface area contributed by atoms with Crippen molar-refractivity contribution in [2.24, 2.45) is 0 Å². The van der Waals surface area contributed by atoms with Gasteiger partial charge in [0.2, 0.25) is 5.91 Å². The number of fused-ring (bicyclic) bond motifs is 1. The van der Waals surface area contributed by atoms with E-state index in [0.29, 0.717) is 6.42 Å². The van der Waals surface area contributed by atoms with Gasteiger partial charge in [-0.25, -0.2) is 0 Å². The van der Waals surface area contributed by atoms with Gasteiger partial charge in [-0.2, -0.15) is 0 Å². The summed E-state index contributed by atoms with van der Waals surface area (Å²) in [5.74, 6) is 0.630. The average Bonchev–Trinajstić information content (AvgIpc) is 2.83. The van der Waals surface area contributed by atoms with Crippen LogP contribution in [0.3, 0.4) is 0 Å². The summed E-state index contributed by atoms with van der Waals surface area (Å²) in [6, 6.07) is 15.0. The summed E-state index contributed by atoms with van der Waals surface area (Å²) in [4.78, 5) is 12.3. The fourth-order valence-corrected chi connectivity index (χ4v) is 2.94. The summed E-state index contributed by atoms with van der Waals surface area (Å²) in [6.45, 7) is 0. The van der Waals surface area contributed by atoms with Crippen molar-refractivity contribution in [3.63, 3.8) is 0 Å². The van der Waals surface area contributed by atoms with E-state index in [4.69, 9.17) is 4.74 Å². The lowest BCUT2D eigenvalue weighted by Crippen LogP contribution is -2.34. The molecule has 1 amide bonds. The van der Waals surface area contributed by atoms with Crippen LogP contribution in [0.1, 0.15) is 22.7 Å². The van der Waals surface area contributed by atoms with Crippen molar-refractivity contribution >= 4 is 5.91 Å². The lowest BCUT2D eigenvalue weighted by Gasteiger charge is -2.18. The molecule has 0 radical (unpaired) electrons. The summed E-state index contributed by atoms with van der Waals surface area (Å²) in [7, 11) is 1.60. The minimum Gasteiger partial charge on any atom is -0.497 e. The van der Waals surface area contributed by atoms with E-state index in [1.54, 1.807) is 7.11 Å². The van der Waals surface area contributed by atoms with Gasteiger partial charge in [-0.3, -0.25) is 4.79 Å². The van der Waals surface area contributed by atoms with Gasteiger partial charge in [0, 0.05) is 6.42 Å². The average molecular weight is 297 g/mol. The maximum Gasteiger partial charge on any atom is 0.224 e. The highest BCUT2D eigenvalue weighted by atomic mass is 16.5. The molecule has 2 unspecified atom stereocenters. The molecule has 0 saturated carbocycles. The monoisotopic (exact) mass is 297 g/mol. The molecule has 0 fully saturated rings. The van der Waals surface area contributed by atoms with E-state index in [0.717, 1.165) is 22.4 Å². The molecular formula is C18H19NO3. The third-order valence-corrected chi connectivity index (χ3v) is 4.02. The van der Waals surface area contributed by atoms with E-state index in [1.165, 1.54) is 0 Å². The molecule has 0 aliphatic heterocycles. The molecule has 2 N–H and O–H groups in total. The Hall–Kier alpha value is -2.33. The Morgan fingerprint density at radius 3 is 2.91 bits per heavy atom. The first kappa shape index (κ1) is 14.6. The molecule has 0 bridgehead atoms. The molecule has 4 heteroatoms. The van der Waals surface area contributed by atoms with Crippen LogP contribution in [0, 0.1) is 0 Å². The van der Waals surface area contributed by atoms with Gasteiger partial charge in [0.1, 0.15) is 5.75 Å². The number of hydrogen-bond donors (Lipinski definition) is 2. The number of aliphatic hydroxyl groups is 1. The molecular weight excluding hydrogens is 278 g/mol. The largest absolute Gasteiger partial charge is 0.497 e. The third-order valence-electron chi connectivity index (χ3n) is 4.02. The molecule has 114 valence electrons. The molecule has 0 heterocycles. The number of aliphatic hydroxyl groups excluding tert-OH is 1. The number of benzene rings is 2. The topological polar surface area (TPSA) is 58.6 Å². The smallest absolute Gasteiger partial charge is 0.224 e. The molecule has 2 aromatic rings. The van der Waals surface area contributed by atoms with Gasteiger partial charge in [-0.05, 0) is 28.8 Å². The Balaban J connectivity index is 1.69. The minimum atomic E-state index is -0.563. The zero-order valence-electron chi connectivity index (χ0n) is 12.5. The lowest BCUT2D eigenvalue weighted by molar-refractivity contribution is -0.121. The highest BCUT2D eigenvalue weighted by molar-refractivity contribution is 5.79. The SMILES string of the molecule is COc1cccc(CC(=O)NC2c3ccccc3CC2O)c1. The Morgan fingerprint density at radius 1 is 1.27 bits per heavy atom. The van der Waals surface area contributed by atoms with Crippen LogP contribution in [0.4, 0.5) is 0 Å². The van der Waals surface area contributed by atoms with E-state index in [2.05, 4.69) is 5.32 Å². The van der Waals surface area contributed by atoms with Crippen molar-refractivity contribution in [1.82, 2.24) is 5.32 Å². The van der Waals surface area contributed by atoms with Crippen LogP contribution >= 0.6 is 0 Å².